The SMILES string of the molecule is O=C(NNC1=Nc2ccccc2SCC1)c1ccccc1. The summed E-state index contributed by atoms with van der Waals surface area (Å²) in [6.45, 7) is 0. The first-order valence-electron chi connectivity index (χ1n) is 6.74. The third kappa shape index (κ3) is 3.44. The maximum Gasteiger partial charge on any atom is 0.269 e. The minimum absolute atomic E-state index is 0.163. The number of hydrogen-bond acceptors (Lipinski definition) is 4. The van der Waals surface area contributed by atoms with Gasteiger partial charge in [-0.1, -0.05) is 30.3 Å². The van der Waals surface area contributed by atoms with E-state index in [0.717, 1.165) is 23.7 Å². The molecule has 0 aromatic heterocycles. The van der Waals surface area contributed by atoms with Crippen molar-refractivity contribution < 1.29 is 4.79 Å². The smallest absolute Gasteiger partial charge is 0.269 e. The molecule has 1 amide bonds. The Morgan fingerprint density at radius 1 is 1.05 bits per heavy atom. The molecule has 0 saturated carbocycles. The van der Waals surface area contributed by atoms with Crippen LogP contribution < -0.4 is 10.9 Å². The van der Waals surface area contributed by atoms with Crippen molar-refractivity contribution in [1.82, 2.24) is 10.9 Å². The molecule has 5 heteroatoms. The molecule has 2 aromatic rings. The van der Waals surface area contributed by atoms with Crippen molar-refractivity contribution in [1.29, 1.82) is 0 Å². The lowest BCUT2D eigenvalue weighted by molar-refractivity contribution is 0.0943. The molecule has 0 spiro atoms. The van der Waals surface area contributed by atoms with E-state index in [2.05, 4.69) is 21.9 Å². The summed E-state index contributed by atoms with van der Waals surface area (Å²) in [6.07, 6.45) is 0.786. The number of nitrogens with zero attached hydrogens (tertiary/aromatic N) is 1. The van der Waals surface area contributed by atoms with Gasteiger partial charge in [-0.3, -0.25) is 15.6 Å². The van der Waals surface area contributed by atoms with Crippen molar-refractivity contribution in [3.63, 3.8) is 0 Å². The predicted molar refractivity (Wildman–Crippen MR) is 85.9 cm³/mol. The number of hydrogen-bond donors (Lipinski definition) is 2. The molecule has 2 N–H and O–H groups in total. The zero-order chi connectivity index (χ0) is 14.5. The average molecular weight is 297 g/mol. The van der Waals surface area contributed by atoms with Crippen LogP contribution in [0.25, 0.3) is 0 Å². The van der Waals surface area contributed by atoms with Gasteiger partial charge in [-0.15, -0.1) is 11.8 Å². The average Bonchev–Trinajstić information content (AvgIpc) is 2.75. The number of hydrazine groups is 1. The van der Waals surface area contributed by atoms with Crippen LogP contribution in [0.3, 0.4) is 0 Å². The van der Waals surface area contributed by atoms with Crippen molar-refractivity contribution in [3.8, 4) is 0 Å². The molecular formula is C16H15N3OS. The van der Waals surface area contributed by atoms with Crippen molar-refractivity contribution in [2.75, 3.05) is 5.75 Å². The molecule has 1 heterocycles. The van der Waals surface area contributed by atoms with Crippen molar-refractivity contribution in [3.05, 3.63) is 60.2 Å². The summed E-state index contributed by atoms with van der Waals surface area (Å²) in [7, 11) is 0. The van der Waals surface area contributed by atoms with Gasteiger partial charge in [0.15, 0.2) is 0 Å². The van der Waals surface area contributed by atoms with E-state index in [1.165, 1.54) is 4.90 Å². The highest BCUT2D eigenvalue weighted by atomic mass is 32.2. The summed E-state index contributed by atoms with van der Waals surface area (Å²) in [4.78, 5) is 17.7. The summed E-state index contributed by atoms with van der Waals surface area (Å²) in [5.74, 6) is 1.55. The van der Waals surface area contributed by atoms with Gasteiger partial charge in [0, 0.05) is 22.6 Å². The van der Waals surface area contributed by atoms with Crippen LogP contribution in [0.15, 0.2) is 64.5 Å². The second kappa shape index (κ2) is 6.45. The van der Waals surface area contributed by atoms with E-state index in [4.69, 9.17) is 0 Å². The van der Waals surface area contributed by atoms with E-state index >= 15 is 0 Å². The van der Waals surface area contributed by atoms with Gasteiger partial charge in [0.1, 0.15) is 5.84 Å². The molecule has 1 aliphatic rings. The van der Waals surface area contributed by atoms with E-state index in [-0.39, 0.29) is 5.91 Å². The van der Waals surface area contributed by atoms with Crippen LogP contribution in [0.2, 0.25) is 0 Å². The Morgan fingerprint density at radius 2 is 1.81 bits per heavy atom. The van der Waals surface area contributed by atoms with Crippen LogP contribution in [0.1, 0.15) is 16.8 Å². The van der Waals surface area contributed by atoms with Crippen LogP contribution in [0.5, 0.6) is 0 Å². The maximum atomic E-state index is 12.0. The lowest BCUT2D eigenvalue weighted by atomic mass is 10.2. The fraction of sp³-hybridized carbons (Fsp3) is 0.125. The van der Waals surface area contributed by atoms with E-state index in [9.17, 15) is 4.79 Å². The Balaban J connectivity index is 1.68. The highest BCUT2D eigenvalue weighted by Crippen LogP contribution is 2.32. The first-order valence-corrected chi connectivity index (χ1v) is 7.72. The molecule has 4 nitrogen and oxygen atoms in total. The molecule has 0 atom stereocenters. The number of para-hydroxylation sites is 1. The van der Waals surface area contributed by atoms with Crippen molar-refractivity contribution in [2.45, 2.75) is 11.3 Å². The predicted octanol–water partition coefficient (Wildman–Crippen LogP) is 3.15. The summed E-state index contributed by atoms with van der Waals surface area (Å²) < 4.78 is 0. The third-order valence-electron chi connectivity index (χ3n) is 3.07. The number of fused-ring (bicyclic) bond motifs is 1. The largest absolute Gasteiger partial charge is 0.285 e. The summed E-state index contributed by atoms with van der Waals surface area (Å²) in [5.41, 5.74) is 7.20. The van der Waals surface area contributed by atoms with E-state index in [1.54, 1.807) is 23.9 Å². The number of rotatable bonds is 1. The molecule has 0 radical (unpaired) electrons. The van der Waals surface area contributed by atoms with Crippen molar-refractivity contribution in [2.24, 2.45) is 4.99 Å². The molecule has 0 unspecified atom stereocenters. The molecule has 1 aliphatic heterocycles. The monoisotopic (exact) mass is 297 g/mol. The quantitative estimate of drug-likeness (QED) is 0.795. The van der Waals surface area contributed by atoms with E-state index in [1.807, 2.05) is 36.4 Å². The van der Waals surface area contributed by atoms with Crippen LogP contribution in [0, 0.1) is 0 Å². The Kier molecular flexibility index (Phi) is 4.21. The summed E-state index contributed by atoms with van der Waals surface area (Å²) in [6, 6.07) is 17.1. The number of amides is 1. The number of nitrogens with one attached hydrogen (secondary N) is 2. The fourth-order valence-electron chi connectivity index (χ4n) is 2.01. The second-order valence-electron chi connectivity index (χ2n) is 4.57. The third-order valence-corrected chi connectivity index (χ3v) is 4.14. The molecule has 21 heavy (non-hydrogen) atoms. The van der Waals surface area contributed by atoms with Crippen molar-refractivity contribution >= 4 is 29.2 Å². The number of benzene rings is 2. The minimum Gasteiger partial charge on any atom is -0.285 e. The Bertz CT molecular complexity index is 670. The molecule has 106 valence electrons. The highest BCUT2D eigenvalue weighted by Gasteiger charge is 2.11. The van der Waals surface area contributed by atoms with Gasteiger partial charge in [-0.25, -0.2) is 4.99 Å². The van der Waals surface area contributed by atoms with Gasteiger partial charge in [0.2, 0.25) is 0 Å². The molecule has 0 saturated heterocycles. The number of carbonyl (C=O) groups is 1. The molecule has 0 aliphatic carbocycles. The molecule has 0 fully saturated rings. The topological polar surface area (TPSA) is 53.5 Å². The van der Waals surface area contributed by atoms with Crippen LogP contribution in [-0.4, -0.2) is 17.5 Å². The Labute approximate surface area is 127 Å². The second-order valence-corrected chi connectivity index (χ2v) is 5.71. The maximum absolute atomic E-state index is 12.0. The highest BCUT2D eigenvalue weighted by molar-refractivity contribution is 7.99. The van der Waals surface area contributed by atoms with Crippen LogP contribution in [-0.2, 0) is 0 Å². The van der Waals surface area contributed by atoms with Gasteiger partial charge < -0.3 is 0 Å². The number of aliphatic imine (C=N–C) groups is 1. The van der Waals surface area contributed by atoms with Gasteiger partial charge in [0.05, 0.1) is 5.69 Å². The summed E-state index contributed by atoms with van der Waals surface area (Å²) in [5, 5.41) is 0. The zero-order valence-electron chi connectivity index (χ0n) is 11.4. The molecule has 0 bridgehead atoms. The number of thioether (sulfide) groups is 1. The lowest BCUT2D eigenvalue weighted by Crippen LogP contribution is -2.41. The zero-order valence-corrected chi connectivity index (χ0v) is 12.2. The normalized spacial score (nSPS) is 13.6. The van der Waals surface area contributed by atoms with Gasteiger partial charge >= 0.3 is 0 Å². The first-order chi connectivity index (χ1) is 10.3. The first kappa shape index (κ1) is 13.7. The van der Waals surface area contributed by atoms with Gasteiger partial charge in [-0.2, -0.15) is 0 Å². The van der Waals surface area contributed by atoms with E-state index in [0.29, 0.717) is 5.56 Å². The molecule has 3 rings (SSSR count). The Hall–Kier alpha value is -2.27. The number of carbonyl (C=O) groups excluding carboxylic acids is 1. The van der Waals surface area contributed by atoms with E-state index < -0.39 is 0 Å². The summed E-state index contributed by atoms with van der Waals surface area (Å²) >= 11 is 1.78. The molecular weight excluding hydrogens is 282 g/mol. The number of amidine groups is 1. The fourth-order valence-corrected chi connectivity index (χ4v) is 2.96. The Morgan fingerprint density at radius 3 is 2.67 bits per heavy atom. The molecule has 2 aromatic carbocycles. The minimum atomic E-state index is -0.163. The van der Waals surface area contributed by atoms with Gasteiger partial charge in [-0.05, 0) is 24.3 Å². The van der Waals surface area contributed by atoms with Crippen LogP contribution >= 0.6 is 11.8 Å². The van der Waals surface area contributed by atoms with Crippen LogP contribution in [0.4, 0.5) is 5.69 Å². The van der Waals surface area contributed by atoms with Gasteiger partial charge in [0.25, 0.3) is 5.91 Å². The standard InChI is InChI=1S/C16H15N3OS/c20-16(12-6-2-1-3-7-12)19-18-15-10-11-21-14-9-5-4-8-13(14)17-15/h1-9H,10-11H2,(H,17,18)(H,19,20). The lowest BCUT2D eigenvalue weighted by Gasteiger charge is -2.09.